The van der Waals surface area contributed by atoms with Crippen LogP contribution in [0.5, 0.6) is 11.5 Å². The highest BCUT2D eigenvalue weighted by molar-refractivity contribution is 6.31. The third-order valence-electron chi connectivity index (χ3n) is 5.12. The third kappa shape index (κ3) is 3.33. The Labute approximate surface area is 170 Å². The standard InChI is InChI=1S/C20H17ClFN3O4/c21-11-2-1-3-12(18(11)22)25-20-10-6-14(26)16(7-13(10)23-9-24-20)29-17-8-28-15-4-5-27-19(15)17/h1-3,6-7,9,15,17,19,26H,4-5,8H2,(H,23,24,25)/t15?,17-,19?/m1/s1. The molecule has 0 radical (unpaired) electrons. The monoisotopic (exact) mass is 417 g/mol. The van der Waals surface area contributed by atoms with Gasteiger partial charge in [0.15, 0.2) is 23.4 Å². The fourth-order valence-electron chi connectivity index (χ4n) is 3.69. The van der Waals surface area contributed by atoms with Crippen molar-refractivity contribution in [2.24, 2.45) is 0 Å². The molecule has 0 spiro atoms. The fraction of sp³-hybridized carbons (Fsp3) is 0.300. The second-order valence-corrected chi connectivity index (χ2v) is 7.35. The van der Waals surface area contributed by atoms with Gasteiger partial charge in [-0.05, 0) is 24.6 Å². The zero-order valence-electron chi connectivity index (χ0n) is 15.1. The topological polar surface area (TPSA) is 85.7 Å². The highest BCUT2D eigenvalue weighted by atomic mass is 35.5. The Hall–Kier alpha value is -2.68. The summed E-state index contributed by atoms with van der Waals surface area (Å²) in [4.78, 5) is 8.41. The van der Waals surface area contributed by atoms with Gasteiger partial charge in [0.25, 0.3) is 0 Å². The molecular formula is C20H17ClFN3O4. The molecule has 2 aliphatic rings. The van der Waals surface area contributed by atoms with Crippen molar-refractivity contribution in [3.63, 3.8) is 0 Å². The lowest BCUT2D eigenvalue weighted by Gasteiger charge is -2.19. The summed E-state index contributed by atoms with van der Waals surface area (Å²) in [5.41, 5.74) is 0.699. The van der Waals surface area contributed by atoms with Crippen LogP contribution < -0.4 is 10.1 Å². The van der Waals surface area contributed by atoms with E-state index in [4.69, 9.17) is 25.8 Å². The lowest BCUT2D eigenvalue weighted by Crippen LogP contribution is -2.32. The number of phenols is 1. The van der Waals surface area contributed by atoms with Crippen LogP contribution in [0.2, 0.25) is 5.02 Å². The van der Waals surface area contributed by atoms with Crippen LogP contribution in [0.25, 0.3) is 10.9 Å². The molecule has 5 rings (SSSR count). The van der Waals surface area contributed by atoms with Crippen molar-refractivity contribution in [1.82, 2.24) is 9.97 Å². The number of aromatic nitrogens is 2. The zero-order chi connectivity index (χ0) is 20.0. The minimum Gasteiger partial charge on any atom is -0.504 e. The number of phenolic OH excluding ortho intramolecular Hbond substituents is 1. The first-order valence-electron chi connectivity index (χ1n) is 9.19. The van der Waals surface area contributed by atoms with Gasteiger partial charge in [-0.25, -0.2) is 14.4 Å². The van der Waals surface area contributed by atoms with E-state index in [-0.39, 0.29) is 40.5 Å². The Morgan fingerprint density at radius 2 is 2.14 bits per heavy atom. The van der Waals surface area contributed by atoms with Crippen molar-refractivity contribution in [2.75, 3.05) is 18.5 Å². The fourth-order valence-corrected chi connectivity index (χ4v) is 3.86. The van der Waals surface area contributed by atoms with Crippen molar-refractivity contribution in [3.05, 3.63) is 47.5 Å². The summed E-state index contributed by atoms with van der Waals surface area (Å²) in [6.07, 6.45) is 1.79. The second-order valence-electron chi connectivity index (χ2n) is 6.94. The maximum atomic E-state index is 14.2. The summed E-state index contributed by atoms with van der Waals surface area (Å²) in [5, 5.41) is 13.9. The molecule has 29 heavy (non-hydrogen) atoms. The molecule has 2 saturated heterocycles. The molecule has 9 heteroatoms. The van der Waals surface area contributed by atoms with Gasteiger partial charge in [0.05, 0.1) is 28.9 Å². The Morgan fingerprint density at radius 3 is 3.03 bits per heavy atom. The van der Waals surface area contributed by atoms with Crippen molar-refractivity contribution in [3.8, 4) is 11.5 Å². The number of anilines is 2. The summed E-state index contributed by atoms with van der Waals surface area (Å²) >= 11 is 5.84. The lowest BCUT2D eigenvalue weighted by molar-refractivity contribution is 0.0299. The van der Waals surface area contributed by atoms with E-state index in [1.165, 1.54) is 18.5 Å². The van der Waals surface area contributed by atoms with Gasteiger partial charge in [0.1, 0.15) is 18.2 Å². The predicted molar refractivity (Wildman–Crippen MR) is 104 cm³/mol. The van der Waals surface area contributed by atoms with Crippen LogP contribution in [0.1, 0.15) is 6.42 Å². The van der Waals surface area contributed by atoms with Crippen LogP contribution in [0.3, 0.4) is 0 Å². The summed E-state index contributed by atoms with van der Waals surface area (Å²) in [7, 11) is 0. The summed E-state index contributed by atoms with van der Waals surface area (Å²) in [6, 6.07) is 7.74. The molecule has 7 nitrogen and oxygen atoms in total. The zero-order valence-corrected chi connectivity index (χ0v) is 15.9. The minimum atomic E-state index is -0.586. The molecule has 2 aromatic carbocycles. The molecule has 3 aromatic rings. The number of nitrogens with zero attached hydrogens (tertiary/aromatic N) is 2. The molecule has 0 amide bonds. The molecule has 0 aliphatic carbocycles. The first kappa shape index (κ1) is 18.4. The first-order chi connectivity index (χ1) is 14.1. The first-order valence-corrected chi connectivity index (χ1v) is 9.56. The average molecular weight is 418 g/mol. The predicted octanol–water partition coefficient (Wildman–Crippen LogP) is 3.81. The number of benzene rings is 2. The summed E-state index contributed by atoms with van der Waals surface area (Å²) in [5.74, 6) is -0.0527. The Bertz CT molecular complexity index is 1080. The van der Waals surface area contributed by atoms with Gasteiger partial charge < -0.3 is 24.6 Å². The van der Waals surface area contributed by atoms with E-state index in [1.807, 2.05) is 0 Å². The summed E-state index contributed by atoms with van der Waals surface area (Å²) < 4.78 is 31.6. The summed E-state index contributed by atoms with van der Waals surface area (Å²) in [6.45, 7) is 1.04. The number of hydrogen-bond acceptors (Lipinski definition) is 7. The van der Waals surface area contributed by atoms with Gasteiger partial charge >= 0.3 is 0 Å². The van der Waals surface area contributed by atoms with Crippen LogP contribution in [0.4, 0.5) is 15.9 Å². The average Bonchev–Trinajstić information content (AvgIpc) is 3.32. The number of hydrogen-bond donors (Lipinski definition) is 2. The molecule has 3 atom stereocenters. The smallest absolute Gasteiger partial charge is 0.165 e. The molecule has 2 aliphatic heterocycles. The van der Waals surface area contributed by atoms with Crippen molar-refractivity contribution >= 4 is 34.0 Å². The third-order valence-corrected chi connectivity index (χ3v) is 5.41. The Morgan fingerprint density at radius 1 is 1.24 bits per heavy atom. The van der Waals surface area contributed by atoms with Crippen LogP contribution in [-0.4, -0.2) is 46.6 Å². The van der Waals surface area contributed by atoms with E-state index in [0.717, 1.165) is 6.42 Å². The molecule has 0 saturated carbocycles. The van der Waals surface area contributed by atoms with E-state index in [1.54, 1.807) is 18.2 Å². The lowest BCUT2D eigenvalue weighted by atomic mass is 10.1. The van der Waals surface area contributed by atoms with Gasteiger partial charge in [0.2, 0.25) is 0 Å². The second kappa shape index (κ2) is 7.29. The van der Waals surface area contributed by atoms with Crippen molar-refractivity contribution < 1.29 is 23.7 Å². The largest absolute Gasteiger partial charge is 0.504 e. The molecule has 2 fully saturated rings. The van der Waals surface area contributed by atoms with Crippen LogP contribution >= 0.6 is 11.6 Å². The SMILES string of the molecule is Oc1cc2c(Nc3cccc(Cl)c3F)ncnc2cc1O[C@@H]1COC2CCOC21. The maximum absolute atomic E-state index is 14.2. The number of halogens is 2. The number of fused-ring (bicyclic) bond motifs is 2. The molecule has 1 aromatic heterocycles. The van der Waals surface area contributed by atoms with E-state index < -0.39 is 5.82 Å². The van der Waals surface area contributed by atoms with Crippen LogP contribution in [0, 0.1) is 5.82 Å². The number of aromatic hydroxyl groups is 1. The number of ether oxygens (including phenoxy) is 3. The molecule has 2 N–H and O–H groups in total. The van der Waals surface area contributed by atoms with Gasteiger partial charge in [-0.1, -0.05) is 17.7 Å². The molecule has 2 unspecified atom stereocenters. The van der Waals surface area contributed by atoms with Gasteiger partial charge in [0, 0.05) is 18.1 Å². The minimum absolute atomic E-state index is 0.00175. The highest BCUT2D eigenvalue weighted by Crippen LogP contribution is 2.37. The van der Waals surface area contributed by atoms with E-state index in [9.17, 15) is 9.50 Å². The molecule has 150 valence electrons. The maximum Gasteiger partial charge on any atom is 0.165 e. The van der Waals surface area contributed by atoms with E-state index in [2.05, 4.69) is 15.3 Å². The Balaban J connectivity index is 1.46. The normalized spacial score (nSPS) is 23.3. The van der Waals surface area contributed by atoms with Crippen LogP contribution in [0.15, 0.2) is 36.7 Å². The van der Waals surface area contributed by atoms with Gasteiger partial charge in [-0.15, -0.1) is 0 Å². The van der Waals surface area contributed by atoms with E-state index in [0.29, 0.717) is 29.9 Å². The quantitative estimate of drug-likeness (QED) is 0.667. The van der Waals surface area contributed by atoms with Crippen molar-refractivity contribution in [1.29, 1.82) is 0 Å². The Kier molecular flexibility index (Phi) is 4.61. The highest BCUT2D eigenvalue weighted by Gasteiger charge is 2.43. The van der Waals surface area contributed by atoms with Crippen LogP contribution in [-0.2, 0) is 9.47 Å². The van der Waals surface area contributed by atoms with E-state index >= 15 is 0 Å². The molecule has 3 heterocycles. The van der Waals surface area contributed by atoms with Crippen molar-refractivity contribution in [2.45, 2.75) is 24.7 Å². The molecule has 0 bridgehead atoms. The number of nitrogens with one attached hydrogen (secondary N) is 1. The molecular weight excluding hydrogens is 401 g/mol. The van der Waals surface area contributed by atoms with Gasteiger partial charge in [-0.2, -0.15) is 0 Å². The number of rotatable bonds is 4. The van der Waals surface area contributed by atoms with Gasteiger partial charge in [-0.3, -0.25) is 0 Å².